The Kier molecular flexibility index (Phi) is 3.94. The van der Waals surface area contributed by atoms with E-state index in [1.54, 1.807) is 12.1 Å². The Bertz CT molecular complexity index is 709. The lowest BCUT2D eigenvalue weighted by Gasteiger charge is -2.20. The Balaban J connectivity index is 2.27. The predicted molar refractivity (Wildman–Crippen MR) is 76.0 cm³/mol. The molecular weight excluding hydrogens is 298 g/mol. The summed E-state index contributed by atoms with van der Waals surface area (Å²) in [6.07, 6.45) is 0. The van der Waals surface area contributed by atoms with E-state index in [2.05, 4.69) is 9.71 Å². The molecule has 1 aromatic rings. The van der Waals surface area contributed by atoms with Crippen LogP contribution in [-0.4, -0.2) is 38.4 Å². The summed E-state index contributed by atoms with van der Waals surface area (Å²) in [5.74, 6) is -0.356. The number of rotatable bonds is 4. The van der Waals surface area contributed by atoms with Gasteiger partial charge in [0.15, 0.2) is 5.25 Å². The molecule has 0 aromatic heterocycles. The summed E-state index contributed by atoms with van der Waals surface area (Å²) in [4.78, 5) is 26.2. The standard InChI is InChI=1S/C12H13N3O5S/c1-7-10(11(16)14-12(17)13-7)21(18,19)15-8-3-5-9(20-2)6-4-8/h3-6,10,15H,1-2H3,(H,14,16,17). The fourth-order valence-electron chi connectivity index (χ4n) is 1.86. The lowest BCUT2D eigenvalue weighted by molar-refractivity contribution is -0.118. The molecule has 3 amide bonds. The van der Waals surface area contributed by atoms with Crippen LogP contribution in [0.25, 0.3) is 0 Å². The van der Waals surface area contributed by atoms with Crippen molar-refractivity contribution >= 4 is 33.4 Å². The van der Waals surface area contributed by atoms with Gasteiger partial charge < -0.3 is 4.74 Å². The molecule has 21 heavy (non-hydrogen) atoms. The Labute approximate surface area is 121 Å². The van der Waals surface area contributed by atoms with E-state index in [-0.39, 0.29) is 11.4 Å². The number of hydrogen-bond donors (Lipinski definition) is 2. The second-order valence-corrected chi connectivity index (χ2v) is 6.07. The first-order valence-corrected chi connectivity index (χ1v) is 7.44. The summed E-state index contributed by atoms with van der Waals surface area (Å²) >= 11 is 0. The monoisotopic (exact) mass is 311 g/mol. The molecule has 1 unspecified atom stereocenters. The minimum Gasteiger partial charge on any atom is -0.497 e. The number of nitrogens with zero attached hydrogens (tertiary/aromatic N) is 1. The van der Waals surface area contributed by atoms with Gasteiger partial charge in [0.2, 0.25) is 10.0 Å². The summed E-state index contributed by atoms with van der Waals surface area (Å²) in [5.41, 5.74) is 0.193. The number of imide groups is 1. The Morgan fingerprint density at radius 2 is 1.86 bits per heavy atom. The molecule has 0 saturated carbocycles. The van der Waals surface area contributed by atoms with Crippen LogP contribution in [-0.2, 0) is 14.8 Å². The maximum atomic E-state index is 12.2. The molecule has 0 bridgehead atoms. The average molecular weight is 311 g/mol. The zero-order valence-corrected chi connectivity index (χ0v) is 12.1. The largest absolute Gasteiger partial charge is 0.497 e. The van der Waals surface area contributed by atoms with Crippen molar-refractivity contribution in [2.24, 2.45) is 4.99 Å². The molecular formula is C12H13N3O5S. The molecule has 1 heterocycles. The third-order valence-electron chi connectivity index (χ3n) is 2.79. The van der Waals surface area contributed by atoms with E-state index in [1.165, 1.54) is 26.2 Å². The molecule has 0 radical (unpaired) electrons. The third-order valence-corrected chi connectivity index (χ3v) is 4.48. The van der Waals surface area contributed by atoms with Crippen molar-refractivity contribution in [3.8, 4) is 5.75 Å². The smallest absolute Gasteiger partial charge is 0.347 e. The fourth-order valence-corrected chi connectivity index (χ4v) is 3.28. The molecule has 0 aliphatic carbocycles. The number of carbonyl (C=O) groups excluding carboxylic acids is 2. The topological polar surface area (TPSA) is 114 Å². The second kappa shape index (κ2) is 5.52. The lowest BCUT2D eigenvalue weighted by atomic mass is 10.2. The van der Waals surface area contributed by atoms with Crippen molar-refractivity contribution in [2.45, 2.75) is 12.2 Å². The molecule has 1 atom stereocenters. The van der Waals surface area contributed by atoms with E-state index in [4.69, 9.17) is 4.74 Å². The predicted octanol–water partition coefficient (Wildman–Crippen LogP) is 0.516. The van der Waals surface area contributed by atoms with Crippen molar-refractivity contribution in [2.75, 3.05) is 11.8 Å². The summed E-state index contributed by atoms with van der Waals surface area (Å²) in [7, 11) is -2.58. The number of urea groups is 1. The highest BCUT2D eigenvalue weighted by atomic mass is 32.2. The van der Waals surface area contributed by atoms with Crippen LogP contribution in [0.3, 0.4) is 0 Å². The quantitative estimate of drug-likeness (QED) is 0.841. The first kappa shape index (κ1) is 15.0. The van der Waals surface area contributed by atoms with Crippen LogP contribution in [0.4, 0.5) is 10.5 Å². The molecule has 2 rings (SSSR count). The second-order valence-electron chi connectivity index (χ2n) is 4.30. The highest BCUT2D eigenvalue weighted by Gasteiger charge is 2.39. The number of sulfonamides is 1. The molecule has 0 fully saturated rings. The Hall–Kier alpha value is -2.42. The molecule has 0 spiro atoms. The van der Waals surface area contributed by atoms with E-state index < -0.39 is 27.2 Å². The van der Waals surface area contributed by atoms with Crippen molar-refractivity contribution in [1.82, 2.24) is 5.32 Å². The van der Waals surface area contributed by atoms with Gasteiger partial charge in [-0.2, -0.15) is 0 Å². The van der Waals surface area contributed by atoms with Crippen LogP contribution >= 0.6 is 0 Å². The molecule has 1 aliphatic heterocycles. The van der Waals surface area contributed by atoms with Gasteiger partial charge in [0.1, 0.15) is 5.75 Å². The van der Waals surface area contributed by atoms with Crippen molar-refractivity contribution in [3.63, 3.8) is 0 Å². The minimum atomic E-state index is -4.06. The van der Waals surface area contributed by atoms with Crippen LogP contribution in [0.15, 0.2) is 29.3 Å². The zero-order valence-electron chi connectivity index (χ0n) is 11.3. The highest BCUT2D eigenvalue weighted by Crippen LogP contribution is 2.18. The summed E-state index contributed by atoms with van der Waals surface area (Å²) in [6, 6.07) is 5.27. The number of nitrogens with one attached hydrogen (secondary N) is 2. The third kappa shape index (κ3) is 3.19. The highest BCUT2D eigenvalue weighted by molar-refractivity contribution is 7.94. The van der Waals surface area contributed by atoms with E-state index in [9.17, 15) is 18.0 Å². The van der Waals surface area contributed by atoms with Gasteiger partial charge in [-0.3, -0.25) is 14.8 Å². The van der Waals surface area contributed by atoms with Gasteiger partial charge >= 0.3 is 6.03 Å². The molecule has 8 nitrogen and oxygen atoms in total. The van der Waals surface area contributed by atoms with Crippen LogP contribution in [0.1, 0.15) is 6.92 Å². The van der Waals surface area contributed by atoms with Crippen molar-refractivity contribution < 1.29 is 22.7 Å². The number of aliphatic imine (C=N–C) groups is 1. The minimum absolute atomic E-state index is 0.0789. The zero-order chi connectivity index (χ0) is 15.6. The van der Waals surface area contributed by atoms with Crippen LogP contribution in [0, 0.1) is 0 Å². The fraction of sp³-hybridized carbons (Fsp3) is 0.250. The Morgan fingerprint density at radius 1 is 1.24 bits per heavy atom. The summed E-state index contributed by atoms with van der Waals surface area (Å²) < 4.78 is 31.7. The number of benzene rings is 1. The maximum Gasteiger partial charge on any atom is 0.347 e. The number of hydrogen-bond acceptors (Lipinski definition) is 5. The molecule has 0 saturated heterocycles. The van der Waals surface area contributed by atoms with Gasteiger partial charge in [-0.15, -0.1) is 0 Å². The first-order valence-electron chi connectivity index (χ1n) is 5.89. The molecule has 1 aliphatic rings. The van der Waals surface area contributed by atoms with Gasteiger partial charge in [0, 0.05) is 5.69 Å². The summed E-state index contributed by atoms with van der Waals surface area (Å²) in [5, 5.41) is 0.321. The van der Waals surface area contributed by atoms with Gasteiger partial charge in [0.05, 0.1) is 12.8 Å². The average Bonchev–Trinajstić information content (AvgIpc) is 2.37. The Morgan fingerprint density at radius 3 is 2.38 bits per heavy atom. The van der Waals surface area contributed by atoms with E-state index in [1.807, 2.05) is 5.32 Å². The number of ether oxygens (including phenoxy) is 1. The maximum absolute atomic E-state index is 12.2. The van der Waals surface area contributed by atoms with Gasteiger partial charge in [-0.1, -0.05) is 0 Å². The van der Waals surface area contributed by atoms with Gasteiger partial charge in [0.25, 0.3) is 5.91 Å². The van der Waals surface area contributed by atoms with Crippen LogP contribution in [0.5, 0.6) is 5.75 Å². The number of amides is 3. The molecule has 2 N–H and O–H groups in total. The number of anilines is 1. The first-order chi connectivity index (χ1) is 9.83. The molecule has 9 heteroatoms. The molecule has 1 aromatic carbocycles. The van der Waals surface area contributed by atoms with E-state index >= 15 is 0 Å². The van der Waals surface area contributed by atoms with Crippen LogP contribution in [0.2, 0.25) is 0 Å². The number of methoxy groups -OCH3 is 1. The van der Waals surface area contributed by atoms with E-state index in [0.29, 0.717) is 5.75 Å². The SMILES string of the molecule is COc1ccc(NS(=O)(=O)C2C(=O)NC(=O)N=C2C)cc1. The summed E-state index contributed by atoms with van der Waals surface area (Å²) in [6.45, 7) is 1.31. The van der Waals surface area contributed by atoms with Crippen molar-refractivity contribution in [1.29, 1.82) is 0 Å². The van der Waals surface area contributed by atoms with Gasteiger partial charge in [-0.25, -0.2) is 18.2 Å². The molecule has 112 valence electrons. The van der Waals surface area contributed by atoms with Gasteiger partial charge in [-0.05, 0) is 31.2 Å². The lowest BCUT2D eigenvalue weighted by Crippen LogP contribution is -2.51. The normalized spacial score (nSPS) is 18.8. The van der Waals surface area contributed by atoms with Crippen LogP contribution < -0.4 is 14.8 Å². The van der Waals surface area contributed by atoms with E-state index in [0.717, 1.165) is 0 Å². The number of carbonyl (C=O) groups is 2. The van der Waals surface area contributed by atoms with Crippen molar-refractivity contribution in [3.05, 3.63) is 24.3 Å².